The number of ether oxygens (including phenoxy) is 1. The summed E-state index contributed by atoms with van der Waals surface area (Å²) in [6, 6.07) is 9.30. The van der Waals surface area contributed by atoms with Gasteiger partial charge in [0.05, 0.1) is 17.7 Å². The lowest BCUT2D eigenvalue weighted by Crippen LogP contribution is -2.19. The first-order valence-electron chi connectivity index (χ1n) is 7.28. The molecule has 3 nitrogen and oxygen atoms in total. The summed E-state index contributed by atoms with van der Waals surface area (Å²) in [7, 11) is 1.49. The molecule has 23 heavy (non-hydrogen) atoms. The van der Waals surface area contributed by atoms with Crippen LogP contribution in [-0.4, -0.2) is 17.9 Å². The lowest BCUT2D eigenvalue weighted by atomic mass is 10.1. The van der Waals surface area contributed by atoms with Crippen LogP contribution >= 0.6 is 11.8 Å². The molecular weight excluding hydrogens is 318 g/mol. The average molecular weight is 338 g/mol. The number of halogens is 2. The molecule has 0 aliphatic carbocycles. The van der Waals surface area contributed by atoms with Crippen LogP contribution in [0.25, 0.3) is 0 Å². The van der Waals surface area contributed by atoms with Gasteiger partial charge in [0.2, 0.25) is 0 Å². The number of hydrogen-bond acceptors (Lipinski definition) is 4. The number of nitrogens with one attached hydrogen (secondary N) is 1. The van der Waals surface area contributed by atoms with Crippen LogP contribution in [0.1, 0.15) is 29.8 Å². The molecule has 1 atom stereocenters. The van der Waals surface area contributed by atoms with E-state index < -0.39 is 5.76 Å². The molecular formula is C17H20F2N2OS. The van der Waals surface area contributed by atoms with E-state index in [1.165, 1.54) is 7.11 Å². The molecule has 0 radical (unpaired) electrons. The van der Waals surface area contributed by atoms with E-state index in [9.17, 15) is 8.78 Å². The maximum absolute atomic E-state index is 12.5. The fourth-order valence-electron chi connectivity index (χ4n) is 2.22. The molecule has 1 heterocycles. The Morgan fingerprint density at radius 3 is 2.74 bits per heavy atom. The molecule has 1 aromatic carbocycles. The molecule has 0 spiro atoms. The number of aryl methyl sites for hydroxylation is 1. The smallest absolute Gasteiger partial charge is 0.289 e. The van der Waals surface area contributed by atoms with Gasteiger partial charge in [0.1, 0.15) is 5.75 Å². The zero-order chi connectivity index (χ0) is 16.8. The summed E-state index contributed by atoms with van der Waals surface area (Å²) in [6.45, 7) is 4.69. The van der Waals surface area contributed by atoms with Crippen LogP contribution in [0.3, 0.4) is 0 Å². The third-order valence-electron chi connectivity index (χ3n) is 3.60. The summed E-state index contributed by atoms with van der Waals surface area (Å²) >= 11 is 0.493. The fourth-order valence-corrected chi connectivity index (χ4v) is 2.81. The summed E-state index contributed by atoms with van der Waals surface area (Å²) < 4.78 is 30.3. The predicted octanol–water partition coefficient (Wildman–Crippen LogP) is 4.56. The summed E-state index contributed by atoms with van der Waals surface area (Å²) in [4.78, 5) is 4.79. The Hall–Kier alpha value is -1.66. The molecule has 0 bridgehead atoms. The quantitative estimate of drug-likeness (QED) is 0.750. The second kappa shape index (κ2) is 8.26. The third-order valence-corrected chi connectivity index (χ3v) is 4.37. The van der Waals surface area contributed by atoms with Gasteiger partial charge >= 0.3 is 0 Å². The maximum atomic E-state index is 12.5. The van der Waals surface area contributed by atoms with Gasteiger partial charge in [-0.15, -0.1) is 0 Å². The van der Waals surface area contributed by atoms with Crippen LogP contribution in [0, 0.1) is 6.92 Å². The molecule has 0 amide bonds. The highest BCUT2D eigenvalue weighted by Crippen LogP contribution is 2.35. The molecule has 0 aliphatic heterocycles. The number of alkyl halides is 2. The van der Waals surface area contributed by atoms with Crippen LogP contribution in [0.2, 0.25) is 0 Å². The Morgan fingerprint density at radius 2 is 2.09 bits per heavy atom. The SMILES string of the molecule is COc1cc(C(C)NCc2ncccc2C)ccc1SC(F)F. The van der Waals surface area contributed by atoms with Gasteiger partial charge in [0, 0.05) is 18.8 Å². The molecule has 6 heteroatoms. The summed E-state index contributed by atoms with van der Waals surface area (Å²) in [5.41, 5.74) is 3.11. The Labute approximate surface area is 139 Å². The number of pyridine rings is 1. The number of hydrogen-bond donors (Lipinski definition) is 1. The average Bonchev–Trinajstić information content (AvgIpc) is 2.53. The van der Waals surface area contributed by atoms with Crippen LogP contribution in [0.4, 0.5) is 8.78 Å². The molecule has 1 N–H and O–H groups in total. The Kier molecular flexibility index (Phi) is 6.36. The van der Waals surface area contributed by atoms with E-state index in [0.29, 0.717) is 29.0 Å². The van der Waals surface area contributed by atoms with Crippen molar-refractivity contribution in [1.29, 1.82) is 0 Å². The van der Waals surface area contributed by atoms with Gasteiger partial charge in [-0.2, -0.15) is 8.78 Å². The minimum Gasteiger partial charge on any atom is -0.496 e. The van der Waals surface area contributed by atoms with Crippen molar-refractivity contribution in [2.75, 3.05) is 7.11 Å². The molecule has 124 valence electrons. The van der Waals surface area contributed by atoms with Crippen LogP contribution < -0.4 is 10.1 Å². The van der Waals surface area contributed by atoms with Crippen LogP contribution in [-0.2, 0) is 6.54 Å². The van der Waals surface area contributed by atoms with E-state index in [1.54, 1.807) is 18.3 Å². The molecule has 0 fully saturated rings. The van der Waals surface area contributed by atoms with Crippen molar-refractivity contribution >= 4 is 11.8 Å². The zero-order valence-electron chi connectivity index (χ0n) is 13.3. The largest absolute Gasteiger partial charge is 0.496 e. The van der Waals surface area contributed by atoms with Crippen molar-refractivity contribution in [3.63, 3.8) is 0 Å². The van der Waals surface area contributed by atoms with Crippen molar-refractivity contribution in [3.8, 4) is 5.75 Å². The summed E-state index contributed by atoms with van der Waals surface area (Å²) in [5.74, 6) is -1.99. The van der Waals surface area contributed by atoms with Gasteiger partial charge < -0.3 is 10.1 Å². The monoisotopic (exact) mass is 338 g/mol. The lowest BCUT2D eigenvalue weighted by Gasteiger charge is -2.17. The molecule has 0 saturated heterocycles. The number of methoxy groups -OCH3 is 1. The lowest BCUT2D eigenvalue weighted by molar-refractivity contribution is 0.251. The Balaban J connectivity index is 2.07. The van der Waals surface area contributed by atoms with Crippen molar-refractivity contribution in [2.24, 2.45) is 0 Å². The second-order valence-electron chi connectivity index (χ2n) is 5.16. The third kappa shape index (κ3) is 4.91. The van der Waals surface area contributed by atoms with Crippen molar-refractivity contribution < 1.29 is 13.5 Å². The zero-order valence-corrected chi connectivity index (χ0v) is 14.2. The van der Waals surface area contributed by atoms with Gasteiger partial charge in [0.15, 0.2) is 0 Å². The van der Waals surface area contributed by atoms with Gasteiger partial charge in [0.25, 0.3) is 5.76 Å². The molecule has 1 unspecified atom stereocenters. The first-order chi connectivity index (χ1) is 11.0. The van der Waals surface area contributed by atoms with E-state index >= 15 is 0 Å². The van der Waals surface area contributed by atoms with E-state index in [4.69, 9.17) is 4.74 Å². The van der Waals surface area contributed by atoms with E-state index in [2.05, 4.69) is 10.3 Å². The highest BCUT2D eigenvalue weighted by Gasteiger charge is 2.14. The van der Waals surface area contributed by atoms with Gasteiger partial charge in [-0.05, 0) is 43.2 Å². The van der Waals surface area contributed by atoms with E-state index in [1.807, 2.05) is 32.0 Å². The Morgan fingerprint density at radius 1 is 1.30 bits per heavy atom. The number of rotatable bonds is 7. The molecule has 2 rings (SSSR count). The normalized spacial score (nSPS) is 12.4. The van der Waals surface area contributed by atoms with Crippen molar-refractivity contribution in [2.45, 2.75) is 37.1 Å². The molecule has 0 saturated carbocycles. The number of thioether (sulfide) groups is 1. The summed E-state index contributed by atoms with van der Waals surface area (Å²) in [6.07, 6.45) is 1.77. The first kappa shape index (κ1) is 17.7. The van der Waals surface area contributed by atoms with Crippen LogP contribution in [0.5, 0.6) is 5.75 Å². The van der Waals surface area contributed by atoms with E-state index in [0.717, 1.165) is 16.8 Å². The molecule has 0 aliphatic rings. The minimum atomic E-state index is -2.46. The predicted molar refractivity (Wildman–Crippen MR) is 89.1 cm³/mol. The van der Waals surface area contributed by atoms with Gasteiger partial charge in [-0.25, -0.2) is 0 Å². The standard InChI is InChI=1S/C17H20F2N2OS/c1-11-5-4-8-20-14(11)10-21-12(2)13-6-7-16(23-17(18)19)15(9-13)22-3/h4-9,12,17,21H,10H2,1-3H3. The molecule has 2 aromatic rings. The van der Waals surface area contributed by atoms with Gasteiger partial charge in [-0.3, -0.25) is 4.98 Å². The van der Waals surface area contributed by atoms with E-state index in [-0.39, 0.29) is 6.04 Å². The fraction of sp³-hybridized carbons (Fsp3) is 0.353. The number of benzene rings is 1. The van der Waals surface area contributed by atoms with Crippen LogP contribution in [0.15, 0.2) is 41.4 Å². The summed E-state index contributed by atoms with van der Waals surface area (Å²) in [5, 5.41) is 3.39. The Bertz CT molecular complexity index is 652. The maximum Gasteiger partial charge on any atom is 0.289 e. The first-order valence-corrected chi connectivity index (χ1v) is 8.16. The van der Waals surface area contributed by atoms with Crippen molar-refractivity contribution in [1.82, 2.24) is 10.3 Å². The number of nitrogens with zero attached hydrogens (tertiary/aromatic N) is 1. The van der Waals surface area contributed by atoms with Gasteiger partial charge in [-0.1, -0.05) is 23.9 Å². The highest BCUT2D eigenvalue weighted by atomic mass is 32.2. The topological polar surface area (TPSA) is 34.1 Å². The molecule has 1 aromatic heterocycles. The number of aromatic nitrogens is 1. The minimum absolute atomic E-state index is 0.0518. The van der Waals surface area contributed by atoms with Crippen molar-refractivity contribution in [3.05, 3.63) is 53.3 Å². The highest BCUT2D eigenvalue weighted by molar-refractivity contribution is 7.99. The second-order valence-corrected chi connectivity index (χ2v) is 6.19.